The Morgan fingerprint density at radius 2 is 1.90 bits per heavy atom. The summed E-state index contributed by atoms with van der Waals surface area (Å²) in [6.07, 6.45) is 0. The van der Waals surface area contributed by atoms with Crippen molar-refractivity contribution in [3.63, 3.8) is 0 Å². The molecule has 6 heteroatoms. The van der Waals surface area contributed by atoms with Crippen LogP contribution in [0.1, 0.15) is 32.4 Å². The lowest BCUT2D eigenvalue weighted by molar-refractivity contribution is -0.141. The van der Waals surface area contributed by atoms with E-state index in [2.05, 4.69) is 10.6 Å². The van der Waals surface area contributed by atoms with E-state index in [4.69, 9.17) is 11.6 Å². The fourth-order valence-corrected chi connectivity index (χ4v) is 1.78. The average Bonchev–Trinajstić information content (AvgIpc) is 2.33. The maximum atomic E-state index is 11.8. The van der Waals surface area contributed by atoms with Gasteiger partial charge in [-0.25, -0.2) is 4.79 Å². The van der Waals surface area contributed by atoms with Crippen molar-refractivity contribution >= 4 is 23.5 Å². The predicted octanol–water partition coefficient (Wildman–Crippen LogP) is 1.97. The number of carbonyl (C=O) groups excluding carboxylic acids is 1. The van der Waals surface area contributed by atoms with E-state index in [1.54, 1.807) is 24.3 Å². The minimum atomic E-state index is -1.15. The zero-order valence-electron chi connectivity index (χ0n) is 11.7. The topological polar surface area (TPSA) is 78.4 Å². The number of aliphatic carboxylic acids is 1. The molecule has 1 amide bonds. The number of amides is 1. The number of benzene rings is 1. The Balaban J connectivity index is 2.77. The summed E-state index contributed by atoms with van der Waals surface area (Å²) in [4.78, 5) is 23.1. The number of halogens is 1. The predicted molar refractivity (Wildman–Crippen MR) is 77.7 cm³/mol. The van der Waals surface area contributed by atoms with Gasteiger partial charge in [0.1, 0.15) is 0 Å². The van der Waals surface area contributed by atoms with Crippen molar-refractivity contribution in [2.24, 2.45) is 0 Å². The van der Waals surface area contributed by atoms with Crippen LogP contribution < -0.4 is 10.6 Å². The van der Waals surface area contributed by atoms with Gasteiger partial charge in [0.05, 0.1) is 6.54 Å². The number of carboxylic acids is 1. The summed E-state index contributed by atoms with van der Waals surface area (Å²) in [7, 11) is 0. The summed E-state index contributed by atoms with van der Waals surface area (Å²) in [5, 5.41) is 15.0. The van der Waals surface area contributed by atoms with Gasteiger partial charge in [-0.15, -0.1) is 0 Å². The zero-order chi connectivity index (χ0) is 15.3. The summed E-state index contributed by atoms with van der Waals surface area (Å²) in [6.45, 7) is 5.80. The van der Waals surface area contributed by atoms with E-state index in [0.29, 0.717) is 10.6 Å². The first-order valence-corrected chi connectivity index (χ1v) is 6.60. The Labute approximate surface area is 123 Å². The van der Waals surface area contributed by atoms with Gasteiger partial charge in [-0.2, -0.15) is 0 Å². The van der Waals surface area contributed by atoms with Crippen molar-refractivity contribution < 1.29 is 14.7 Å². The maximum absolute atomic E-state index is 11.8. The van der Waals surface area contributed by atoms with Gasteiger partial charge in [-0.05, 0) is 26.8 Å². The summed E-state index contributed by atoms with van der Waals surface area (Å²) in [6, 6.07) is 5.40. The molecule has 0 saturated heterocycles. The van der Waals surface area contributed by atoms with Crippen molar-refractivity contribution in [2.75, 3.05) is 6.54 Å². The third-order valence-corrected chi connectivity index (χ3v) is 2.89. The summed E-state index contributed by atoms with van der Waals surface area (Å²) < 4.78 is 0. The highest BCUT2D eigenvalue weighted by molar-refractivity contribution is 6.31. The standard InChI is InChI=1S/C14H19ClN2O3/c1-14(2,3)16-8-11(18)17-12(13(19)20)9-6-4-5-7-10(9)15/h4-7,12,16H,8H2,1-3H3,(H,17,18)(H,19,20)/t12-/m1/s1. The van der Waals surface area contributed by atoms with Crippen molar-refractivity contribution in [1.82, 2.24) is 10.6 Å². The van der Waals surface area contributed by atoms with Crippen LogP contribution >= 0.6 is 11.6 Å². The van der Waals surface area contributed by atoms with Crippen LogP contribution in [0.15, 0.2) is 24.3 Å². The lowest BCUT2D eigenvalue weighted by Gasteiger charge is -2.21. The largest absolute Gasteiger partial charge is 0.479 e. The van der Waals surface area contributed by atoms with Gasteiger partial charge in [0.15, 0.2) is 6.04 Å². The van der Waals surface area contributed by atoms with Gasteiger partial charge in [0.25, 0.3) is 0 Å². The van der Waals surface area contributed by atoms with Crippen LogP contribution in [0.25, 0.3) is 0 Å². The van der Waals surface area contributed by atoms with Crippen LogP contribution in [0.4, 0.5) is 0 Å². The van der Waals surface area contributed by atoms with E-state index in [0.717, 1.165) is 0 Å². The molecule has 1 aromatic carbocycles. The molecule has 1 aromatic rings. The van der Waals surface area contributed by atoms with Gasteiger partial charge < -0.3 is 15.7 Å². The third kappa shape index (κ3) is 5.19. The van der Waals surface area contributed by atoms with E-state index < -0.39 is 17.9 Å². The van der Waals surface area contributed by atoms with Crippen LogP contribution in [0.2, 0.25) is 5.02 Å². The summed E-state index contributed by atoms with van der Waals surface area (Å²) in [5.74, 6) is -1.55. The normalized spacial score (nSPS) is 12.8. The van der Waals surface area contributed by atoms with Crippen molar-refractivity contribution in [2.45, 2.75) is 32.4 Å². The molecular weight excluding hydrogens is 280 g/mol. The first-order chi connectivity index (χ1) is 9.20. The molecule has 0 radical (unpaired) electrons. The fourth-order valence-electron chi connectivity index (χ4n) is 1.54. The van der Waals surface area contributed by atoms with Gasteiger partial charge in [0.2, 0.25) is 5.91 Å². The second-order valence-corrected chi connectivity index (χ2v) is 5.87. The van der Waals surface area contributed by atoms with Crippen molar-refractivity contribution in [3.8, 4) is 0 Å². The highest BCUT2D eigenvalue weighted by atomic mass is 35.5. The molecule has 0 heterocycles. The number of carbonyl (C=O) groups is 2. The van der Waals surface area contributed by atoms with Crippen LogP contribution in [0.5, 0.6) is 0 Å². The molecule has 0 aliphatic rings. The number of rotatable bonds is 5. The van der Waals surface area contributed by atoms with Crippen LogP contribution in [0.3, 0.4) is 0 Å². The summed E-state index contributed by atoms with van der Waals surface area (Å²) >= 11 is 5.97. The molecule has 0 bridgehead atoms. The van der Waals surface area contributed by atoms with Gasteiger partial charge in [0, 0.05) is 16.1 Å². The lowest BCUT2D eigenvalue weighted by atomic mass is 10.1. The maximum Gasteiger partial charge on any atom is 0.330 e. The Hall–Kier alpha value is -1.59. The monoisotopic (exact) mass is 298 g/mol. The first-order valence-electron chi connectivity index (χ1n) is 6.22. The molecule has 0 saturated carbocycles. The molecule has 0 aromatic heterocycles. The quantitative estimate of drug-likeness (QED) is 0.776. The van der Waals surface area contributed by atoms with Crippen LogP contribution in [0, 0.1) is 0 Å². The molecule has 110 valence electrons. The summed E-state index contributed by atoms with van der Waals surface area (Å²) in [5.41, 5.74) is 0.145. The van der Waals surface area contributed by atoms with E-state index in [1.165, 1.54) is 0 Å². The Morgan fingerprint density at radius 3 is 2.40 bits per heavy atom. The van der Waals surface area contributed by atoms with Gasteiger partial charge in [-0.3, -0.25) is 4.79 Å². The smallest absolute Gasteiger partial charge is 0.330 e. The third-order valence-electron chi connectivity index (χ3n) is 2.55. The van der Waals surface area contributed by atoms with E-state index in [1.807, 2.05) is 20.8 Å². The molecule has 0 unspecified atom stereocenters. The average molecular weight is 299 g/mol. The van der Waals surface area contributed by atoms with Crippen LogP contribution in [-0.2, 0) is 9.59 Å². The van der Waals surface area contributed by atoms with E-state index in [9.17, 15) is 14.7 Å². The fraction of sp³-hybridized carbons (Fsp3) is 0.429. The lowest BCUT2D eigenvalue weighted by Crippen LogP contribution is -2.45. The molecule has 5 nitrogen and oxygen atoms in total. The van der Waals surface area contributed by atoms with Crippen LogP contribution in [-0.4, -0.2) is 29.1 Å². The Bertz CT molecular complexity index is 497. The highest BCUT2D eigenvalue weighted by Crippen LogP contribution is 2.22. The molecule has 0 aliphatic heterocycles. The van der Waals surface area contributed by atoms with E-state index in [-0.39, 0.29) is 12.1 Å². The molecular formula is C14H19ClN2O3. The molecule has 0 fully saturated rings. The Morgan fingerprint density at radius 1 is 1.30 bits per heavy atom. The van der Waals surface area contributed by atoms with Gasteiger partial charge in [-0.1, -0.05) is 29.8 Å². The number of hydrogen-bond acceptors (Lipinski definition) is 3. The SMILES string of the molecule is CC(C)(C)NCC(=O)N[C@@H](C(=O)O)c1ccccc1Cl. The molecule has 3 N–H and O–H groups in total. The second-order valence-electron chi connectivity index (χ2n) is 5.46. The molecule has 1 atom stereocenters. The molecule has 1 rings (SSSR count). The number of hydrogen-bond donors (Lipinski definition) is 3. The Kier molecular flexibility index (Phi) is 5.53. The van der Waals surface area contributed by atoms with E-state index >= 15 is 0 Å². The van der Waals surface area contributed by atoms with Crippen molar-refractivity contribution in [3.05, 3.63) is 34.9 Å². The molecule has 0 aliphatic carbocycles. The molecule has 0 spiro atoms. The minimum absolute atomic E-state index is 0.0394. The highest BCUT2D eigenvalue weighted by Gasteiger charge is 2.24. The zero-order valence-corrected chi connectivity index (χ0v) is 12.5. The second kappa shape index (κ2) is 6.72. The molecule has 20 heavy (non-hydrogen) atoms. The van der Waals surface area contributed by atoms with Gasteiger partial charge >= 0.3 is 5.97 Å². The van der Waals surface area contributed by atoms with Crippen molar-refractivity contribution in [1.29, 1.82) is 0 Å². The number of nitrogens with one attached hydrogen (secondary N) is 2. The number of carboxylic acid groups (broad SMARTS) is 1. The minimum Gasteiger partial charge on any atom is -0.479 e. The first kappa shape index (κ1) is 16.5.